The smallest absolute Gasteiger partial charge is 0.260 e. The minimum atomic E-state index is -1.47. The minimum Gasteiger partial charge on any atom is -0.458 e. The second-order valence-electron chi connectivity index (χ2n) is 23.8. The fourth-order valence-electron chi connectivity index (χ4n) is 12.4. The van der Waals surface area contributed by atoms with Gasteiger partial charge < -0.3 is 19.3 Å². The largest absolute Gasteiger partial charge is 0.458 e. The molecule has 9 aromatic carbocycles. The third kappa shape index (κ3) is 7.14. The molecule has 0 amide bonds. The molecule has 0 atom stereocenters. The summed E-state index contributed by atoms with van der Waals surface area (Å²) >= 11 is 0. The predicted octanol–water partition coefficient (Wildman–Crippen LogP) is 15.1. The molecular formula is C66H61BN2O2Si2. The number of hydrogen-bond donors (Lipinski definition) is 0. The quantitative estimate of drug-likeness (QED) is 0.142. The Kier molecular flexibility index (Phi) is 10.0. The van der Waals surface area contributed by atoms with Crippen molar-refractivity contribution in [2.75, 3.05) is 9.80 Å². The zero-order valence-electron chi connectivity index (χ0n) is 43.7. The van der Waals surface area contributed by atoms with Gasteiger partial charge in [0, 0.05) is 50.4 Å². The normalized spacial score (nSPS) is 14.8. The van der Waals surface area contributed by atoms with Crippen LogP contribution in [0.1, 0.15) is 49.9 Å². The van der Waals surface area contributed by atoms with Crippen LogP contribution in [0, 0.1) is 0 Å². The van der Waals surface area contributed by atoms with Crippen LogP contribution in [0.2, 0.25) is 39.3 Å². The number of nitrogens with zero attached hydrogens (tertiary/aromatic N) is 2. The maximum Gasteiger partial charge on any atom is 0.260 e. The summed E-state index contributed by atoms with van der Waals surface area (Å²) in [5.41, 5.74) is 20.1. The first kappa shape index (κ1) is 45.5. The molecule has 0 saturated heterocycles. The van der Waals surface area contributed by atoms with Crippen molar-refractivity contribution in [2.45, 2.75) is 77.8 Å². The third-order valence-corrected chi connectivity index (χ3v) is 20.6. The van der Waals surface area contributed by atoms with E-state index >= 15 is 0 Å². The van der Waals surface area contributed by atoms with Gasteiger partial charge in [0.15, 0.2) is 0 Å². The molecule has 0 N–H and O–H groups in total. The van der Waals surface area contributed by atoms with Gasteiger partial charge in [-0.05, 0) is 152 Å². The first-order valence-corrected chi connectivity index (χ1v) is 33.0. The lowest BCUT2D eigenvalue weighted by Gasteiger charge is -2.35. The highest BCUT2D eigenvalue weighted by Crippen LogP contribution is 2.54. The van der Waals surface area contributed by atoms with E-state index in [2.05, 4.69) is 265 Å². The molecule has 4 aliphatic rings. The van der Waals surface area contributed by atoms with Crippen LogP contribution in [0.3, 0.4) is 0 Å². The molecular weight excluding hydrogens is 920 g/mol. The number of hydrogen-bond acceptors (Lipinski definition) is 4. The second kappa shape index (κ2) is 16.1. The van der Waals surface area contributed by atoms with E-state index in [9.17, 15) is 0 Å². The summed E-state index contributed by atoms with van der Waals surface area (Å²) in [7, 11) is -2.94. The Morgan fingerprint density at radius 3 is 1.08 bits per heavy atom. The Balaban J connectivity index is 0.900. The van der Waals surface area contributed by atoms with E-state index in [1.807, 2.05) is 0 Å². The van der Waals surface area contributed by atoms with Crippen molar-refractivity contribution in [3.8, 4) is 45.3 Å². The first-order chi connectivity index (χ1) is 34.9. The van der Waals surface area contributed by atoms with E-state index in [-0.39, 0.29) is 17.5 Å². The molecule has 0 fully saturated rings. The molecule has 358 valence electrons. The van der Waals surface area contributed by atoms with Gasteiger partial charge in [-0.3, -0.25) is 0 Å². The Hall–Kier alpha value is -7.32. The van der Waals surface area contributed by atoms with E-state index in [0.29, 0.717) is 0 Å². The molecule has 0 saturated carbocycles. The highest BCUT2D eigenvalue weighted by molar-refractivity contribution is 6.98. The van der Waals surface area contributed by atoms with Gasteiger partial charge in [0.1, 0.15) is 23.0 Å². The van der Waals surface area contributed by atoms with Crippen LogP contribution in [0.4, 0.5) is 34.1 Å². The van der Waals surface area contributed by atoms with Crippen molar-refractivity contribution in [1.29, 1.82) is 0 Å². The SMILES string of the molecule is CC1(C)c2cc(N(c3ccccc3)c3ccc([Si](C)(C)C)cc3)ccc2-c2cc3c(cc21)B1c2cc4c(cc2Oc2cccc(c21)O3)-c1ccc(N(c2ccccc2)c2ccc([Si](C)(C)C)cc2)cc1C4(C)C. The summed E-state index contributed by atoms with van der Waals surface area (Å²) in [6.45, 7) is 24.0. The van der Waals surface area contributed by atoms with Crippen molar-refractivity contribution >= 4 is 83.7 Å². The zero-order chi connectivity index (χ0) is 50.3. The zero-order valence-corrected chi connectivity index (χ0v) is 45.7. The van der Waals surface area contributed by atoms with Crippen molar-refractivity contribution in [1.82, 2.24) is 0 Å². The van der Waals surface area contributed by atoms with Crippen LogP contribution < -0.4 is 46.0 Å². The molecule has 73 heavy (non-hydrogen) atoms. The second-order valence-corrected chi connectivity index (χ2v) is 34.0. The van der Waals surface area contributed by atoms with Gasteiger partial charge >= 0.3 is 0 Å². The van der Waals surface area contributed by atoms with Gasteiger partial charge in [0.25, 0.3) is 6.71 Å². The highest BCUT2D eigenvalue weighted by Gasteiger charge is 2.46. The molecule has 2 heterocycles. The molecule has 2 aliphatic heterocycles. The molecule has 0 radical (unpaired) electrons. The summed E-state index contributed by atoms with van der Waals surface area (Å²) in [6, 6.07) is 70.2. The van der Waals surface area contributed by atoms with Gasteiger partial charge in [0.2, 0.25) is 0 Å². The van der Waals surface area contributed by atoms with Crippen LogP contribution in [-0.4, -0.2) is 22.9 Å². The molecule has 4 nitrogen and oxygen atoms in total. The number of anilines is 6. The summed E-state index contributed by atoms with van der Waals surface area (Å²) in [5.74, 6) is 3.54. The summed E-state index contributed by atoms with van der Waals surface area (Å²) in [6.07, 6.45) is 0. The van der Waals surface area contributed by atoms with Crippen molar-refractivity contribution in [3.63, 3.8) is 0 Å². The molecule has 9 aromatic rings. The van der Waals surface area contributed by atoms with E-state index < -0.39 is 16.1 Å². The summed E-state index contributed by atoms with van der Waals surface area (Å²) < 4.78 is 14.0. The van der Waals surface area contributed by atoms with E-state index in [0.717, 1.165) is 62.6 Å². The topological polar surface area (TPSA) is 24.9 Å². The Labute approximate surface area is 434 Å². The lowest BCUT2D eigenvalue weighted by molar-refractivity contribution is 0.464. The Bertz CT molecular complexity index is 3470. The number of rotatable bonds is 8. The molecule has 7 heteroatoms. The average Bonchev–Trinajstić information content (AvgIpc) is 3.73. The van der Waals surface area contributed by atoms with Crippen LogP contribution in [-0.2, 0) is 10.8 Å². The number of benzene rings is 9. The molecule has 0 unspecified atom stereocenters. The molecule has 2 aliphatic carbocycles. The summed E-state index contributed by atoms with van der Waals surface area (Å²) in [5, 5.41) is 2.92. The third-order valence-electron chi connectivity index (χ3n) is 16.5. The van der Waals surface area contributed by atoms with Crippen LogP contribution >= 0.6 is 0 Å². The maximum atomic E-state index is 6.99. The van der Waals surface area contributed by atoms with Gasteiger partial charge in [-0.2, -0.15) is 0 Å². The molecule has 13 rings (SSSR count). The van der Waals surface area contributed by atoms with E-state index in [1.165, 1.54) is 65.8 Å². The van der Waals surface area contributed by atoms with Crippen LogP contribution in [0.5, 0.6) is 23.0 Å². The fourth-order valence-corrected chi connectivity index (χ4v) is 14.7. The number of fused-ring (bicyclic) bond motifs is 10. The van der Waals surface area contributed by atoms with E-state index in [1.54, 1.807) is 0 Å². The van der Waals surface area contributed by atoms with Crippen molar-refractivity contribution in [3.05, 3.63) is 210 Å². The molecule has 0 bridgehead atoms. The van der Waals surface area contributed by atoms with E-state index in [4.69, 9.17) is 9.47 Å². The van der Waals surface area contributed by atoms with Gasteiger partial charge in [0.05, 0.1) is 16.1 Å². The fraction of sp³-hybridized carbons (Fsp3) is 0.182. The average molecular weight is 981 g/mol. The predicted molar refractivity (Wildman–Crippen MR) is 315 cm³/mol. The molecule has 0 spiro atoms. The lowest BCUT2D eigenvalue weighted by Crippen LogP contribution is -2.57. The Morgan fingerprint density at radius 1 is 0.342 bits per heavy atom. The van der Waals surface area contributed by atoms with Crippen LogP contribution in [0.15, 0.2) is 188 Å². The number of ether oxygens (including phenoxy) is 2. The molecule has 0 aromatic heterocycles. The van der Waals surface area contributed by atoms with Gasteiger partial charge in [-0.25, -0.2) is 0 Å². The minimum absolute atomic E-state index is 0.0696. The standard InChI is InChI=1S/C66H61BN2O2Si2/c1-65(2)54-36-46(68(42-18-13-11-14-19-42)44-24-30-48(31-25-44)72(5,6)7)28-34-50(54)52-38-62-58(40-56(52)65)67-59-41-57-53(39-63(59)71-61-23-17-22-60(70-62)64(61)67)51-35-29-47(37-55(51)66(57,3)4)69(43-20-15-12-16-21-43)45-26-32-49(33-27-45)73(8,9)10/h11-41H,1-10H3. The maximum absolute atomic E-state index is 6.99. The van der Waals surface area contributed by atoms with Gasteiger partial charge in [-0.15, -0.1) is 0 Å². The van der Waals surface area contributed by atoms with Crippen LogP contribution in [0.25, 0.3) is 22.3 Å². The van der Waals surface area contributed by atoms with Gasteiger partial charge in [-0.1, -0.05) is 168 Å². The Morgan fingerprint density at radius 2 is 0.699 bits per heavy atom. The highest BCUT2D eigenvalue weighted by atomic mass is 28.3. The first-order valence-electron chi connectivity index (χ1n) is 26.0. The number of para-hydroxylation sites is 2. The summed E-state index contributed by atoms with van der Waals surface area (Å²) in [4.78, 5) is 4.81. The monoisotopic (exact) mass is 980 g/mol. The van der Waals surface area contributed by atoms with Crippen molar-refractivity contribution < 1.29 is 9.47 Å². The van der Waals surface area contributed by atoms with Crippen molar-refractivity contribution in [2.24, 2.45) is 0 Å². The lowest BCUT2D eigenvalue weighted by atomic mass is 9.34.